The molecule has 0 atom stereocenters. The molecule has 0 bridgehead atoms. The number of benzene rings is 1. The molecule has 2 nitrogen and oxygen atoms in total. The van der Waals surface area contributed by atoms with Crippen molar-refractivity contribution in [1.82, 2.24) is 5.32 Å². The number of rotatable bonds is 11. The molecule has 1 rings (SSSR count). The highest BCUT2D eigenvalue weighted by Crippen LogP contribution is 2.13. The molecule has 0 aliphatic carbocycles. The van der Waals surface area contributed by atoms with E-state index in [4.69, 9.17) is 4.74 Å². The Labute approximate surface area is 124 Å². The molecular formula is C18H31NO. The lowest BCUT2D eigenvalue weighted by Crippen LogP contribution is -2.14. The van der Waals surface area contributed by atoms with Crippen molar-refractivity contribution in [2.24, 2.45) is 5.92 Å². The largest absolute Gasteiger partial charge is 0.494 e. The van der Waals surface area contributed by atoms with E-state index < -0.39 is 0 Å². The zero-order valence-electron chi connectivity index (χ0n) is 13.5. The van der Waals surface area contributed by atoms with Crippen LogP contribution in [-0.4, -0.2) is 13.2 Å². The molecule has 0 amide bonds. The molecule has 1 aromatic carbocycles. The lowest BCUT2D eigenvalue weighted by molar-refractivity contribution is 0.289. The van der Waals surface area contributed by atoms with Gasteiger partial charge in [-0.25, -0.2) is 0 Å². The van der Waals surface area contributed by atoms with Crippen LogP contribution in [0, 0.1) is 5.92 Å². The Morgan fingerprint density at radius 2 is 1.80 bits per heavy atom. The van der Waals surface area contributed by atoms with Gasteiger partial charge >= 0.3 is 0 Å². The van der Waals surface area contributed by atoms with Gasteiger partial charge < -0.3 is 10.1 Å². The van der Waals surface area contributed by atoms with Crippen LogP contribution >= 0.6 is 0 Å². The van der Waals surface area contributed by atoms with E-state index >= 15 is 0 Å². The quantitative estimate of drug-likeness (QED) is 0.588. The van der Waals surface area contributed by atoms with Crippen LogP contribution in [-0.2, 0) is 6.54 Å². The molecule has 0 aliphatic rings. The van der Waals surface area contributed by atoms with Gasteiger partial charge in [0.25, 0.3) is 0 Å². The summed E-state index contributed by atoms with van der Waals surface area (Å²) in [7, 11) is 0. The zero-order valence-corrected chi connectivity index (χ0v) is 13.5. The average Bonchev–Trinajstić information content (AvgIpc) is 2.44. The summed E-state index contributed by atoms with van der Waals surface area (Å²) in [5, 5.41) is 3.50. The molecule has 0 fully saturated rings. The molecule has 114 valence electrons. The van der Waals surface area contributed by atoms with Gasteiger partial charge in [0.1, 0.15) is 5.75 Å². The van der Waals surface area contributed by atoms with Gasteiger partial charge in [-0.3, -0.25) is 0 Å². The second kappa shape index (κ2) is 10.7. The third-order valence-electron chi connectivity index (χ3n) is 3.42. The Hall–Kier alpha value is -1.02. The molecule has 2 heteroatoms. The van der Waals surface area contributed by atoms with Gasteiger partial charge in [0.05, 0.1) is 6.61 Å². The van der Waals surface area contributed by atoms with E-state index in [9.17, 15) is 0 Å². The highest BCUT2D eigenvalue weighted by molar-refractivity contribution is 5.27. The third kappa shape index (κ3) is 8.21. The van der Waals surface area contributed by atoms with Crippen LogP contribution in [0.15, 0.2) is 24.3 Å². The van der Waals surface area contributed by atoms with Crippen LogP contribution in [0.3, 0.4) is 0 Å². The molecule has 0 aliphatic heterocycles. The van der Waals surface area contributed by atoms with Crippen LogP contribution in [0.5, 0.6) is 5.75 Å². The van der Waals surface area contributed by atoms with E-state index in [0.29, 0.717) is 5.92 Å². The predicted octanol–water partition coefficient (Wildman–Crippen LogP) is 4.78. The van der Waals surface area contributed by atoms with Gasteiger partial charge in [0.2, 0.25) is 0 Å². The number of ether oxygens (including phenoxy) is 1. The van der Waals surface area contributed by atoms with E-state index in [0.717, 1.165) is 31.9 Å². The van der Waals surface area contributed by atoms with Crippen LogP contribution in [0.25, 0.3) is 0 Å². The van der Waals surface area contributed by atoms with Crippen molar-refractivity contribution in [3.63, 3.8) is 0 Å². The molecule has 0 radical (unpaired) electrons. The molecule has 0 spiro atoms. The molecule has 0 heterocycles. The highest BCUT2D eigenvalue weighted by atomic mass is 16.5. The second-order valence-electron chi connectivity index (χ2n) is 5.91. The van der Waals surface area contributed by atoms with Gasteiger partial charge in [0.15, 0.2) is 0 Å². The monoisotopic (exact) mass is 277 g/mol. The van der Waals surface area contributed by atoms with Gasteiger partial charge in [-0.05, 0) is 43.0 Å². The Morgan fingerprint density at radius 3 is 2.45 bits per heavy atom. The Morgan fingerprint density at radius 1 is 1.05 bits per heavy atom. The van der Waals surface area contributed by atoms with Gasteiger partial charge in [-0.1, -0.05) is 52.2 Å². The van der Waals surface area contributed by atoms with Crippen molar-refractivity contribution in [3.05, 3.63) is 29.8 Å². The van der Waals surface area contributed by atoms with Crippen LogP contribution < -0.4 is 10.1 Å². The fraction of sp³-hybridized carbons (Fsp3) is 0.667. The standard InChI is InChI=1S/C18H31NO/c1-4-5-6-7-13-19-15-17-8-10-18(11-9-17)20-14-12-16(2)3/h8-11,16,19H,4-7,12-15H2,1-3H3. The van der Waals surface area contributed by atoms with Crippen molar-refractivity contribution in [1.29, 1.82) is 0 Å². The molecular weight excluding hydrogens is 246 g/mol. The third-order valence-corrected chi connectivity index (χ3v) is 3.42. The van der Waals surface area contributed by atoms with Crippen LogP contribution in [0.1, 0.15) is 58.4 Å². The van der Waals surface area contributed by atoms with Gasteiger partial charge in [-0.15, -0.1) is 0 Å². The van der Waals surface area contributed by atoms with Gasteiger partial charge in [0, 0.05) is 6.54 Å². The summed E-state index contributed by atoms with van der Waals surface area (Å²) < 4.78 is 5.72. The Bertz CT molecular complexity index is 332. The van der Waals surface area contributed by atoms with Crippen molar-refractivity contribution in [3.8, 4) is 5.75 Å². The summed E-state index contributed by atoms with van der Waals surface area (Å²) >= 11 is 0. The predicted molar refractivity (Wildman–Crippen MR) is 87.2 cm³/mol. The maximum atomic E-state index is 5.72. The first kappa shape index (κ1) is 17.0. The second-order valence-corrected chi connectivity index (χ2v) is 5.91. The molecule has 0 aromatic heterocycles. The average molecular weight is 277 g/mol. The first-order valence-corrected chi connectivity index (χ1v) is 8.14. The lowest BCUT2D eigenvalue weighted by Gasteiger charge is -2.09. The summed E-state index contributed by atoms with van der Waals surface area (Å²) in [5.41, 5.74) is 1.33. The maximum Gasteiger partial charge on any atom is 0.119 e. The van der Waals surface area contributed by atoms with E-state index in [2.05, 4.69) is 50.4 Å². The highest BCUT2D eigenvalue weighted by Gasteiger charge is 1.98. The first-order valence-electron chi connectivity index (χ1n) is 8.14. The minimum Gasteiger partial charge on any atom is -0.494 e. The van der Waals surface area contributed by atoms with E-state index in [1.165, 1.54) is 31.2 Å². The molecule has 20 heavy (non-hydrogen) atoms. The molecule has 0 unspecified atom stereocenters. The molecule has 1 N–H and O–H groups in total. The fourth-order valence-corrected chi connectivity index (χ4v) is 2.03. The SMILES string of the molecule is CCCCCCNCc1ccc(OCCC(C)C)cc1. The fourth-order valence-electron chi connectivity index (χ4n) is 2.03. The summed E-state index contributed by atoms with van der Waals surface area (Å²) in [4.78, 5) is 0. The van der Waals surface area contributed by atoms with E-state index in [-0.39, 0.29) is 0 Å². The number of unbranched alkanes of at least 4 members (excludes halogenated alkanes) is 3. The van der Waals surface area contributed by atoms with Crippen LogP contribution in [0.2, 0.25) is 0 Å². The maximum absolute atomic E-state index is 5.72. The van der Waals surface area contributed by atoms with Crippen molar-refractivity contribution < 1.29 is 4.74 Å². The van der Waals surface area contributed by atoms with E-state index in [1.54, 1.807) is 0 Å². The molecule has 0 saturated carbocycles. The molecule has 0 saturated heterocycles. The number of hydrogen-bond donors (Lipinski definition) is 1. The summed E-state index contributed by atoms with van der Waals surface area (Å²) in [6.45, 7) is 9.58. The first-order chi connectivity index (χ1) is 9.72. The molecule has 1 aromatic rings. The normalized spacial score (nSPS) is 11.0. The van der Waals surface area contributed by atoms with E-state index in [1.807, 2.05) is 0 Å². The Kier molecular flexibility index (Phi) is 9.14. The Balaban J connectivity index is 2.15. The van der Waals surface area contributed by atoms with Crippen molar-refractivity contribution in [2.75, 3.05) is 13.2 Å². The van der Waals surface area contributed by atoms with Gasteiger partial charge in [-0.2, -0.15) is 0 Å². The van der Waals surface area contributed by atoms with Crippen molar-refractivity contribution in [2.45, 2.75) is 59.4 Å². The minimum atomic E-state index is 0.700. The summed E-state index contributed by atoms with van der Waals surface area (Å²) in [5.74, 6) is 1.68. The minimum absolute atomic E-state index is 0.700. The summed E-state index contributed by atoms with van der Waals surface area (Å²) in [6.07, 6.45) is 6.39. The zero-order chi connectivity index (χ0) is 14.6. The number of hydrogen-bond acceptors (Lipinski definition) is 2. The summed E-state index contributed by atoms with van der Waals surface area (Å²) in [6, 6.07) is 8.47. The lowest BCUT2D eigenvalue weighted by atomic mass is 10.1. The smallest absolute Gasteiger partial charge is 0.119 e. The topological polar surface area (TPSA) is 21.3 Å². The van der Waals surface area contributed by atoms with Crippen LogP contribution in [0.4, 0.5) is 0 Å². The van der Waals surface area contributed by atoms with Crippen molar-refractivity contribution >= 4 is 0 Å². The number of nitrogens with one attached hydrogen (secondary N) is 1.